The number of rotatable bonds is 3. The summed E-state index contributed by atoms with van der Waals surface area (Å²) >= 11 is 3.40. The number of nitriles is 2. The minimum Gasteiger partial charge on any atom is -0.382 e. The molecule has 0 aliphatic heterocycles. The Bertz CT molecular complexity index is 1040. The molecule has 0 amide bonds. The average molecular weight is 390 g/mol. The summed E-state index contributed by atoms with van der Waals surface area (Å²) in [5, 5.41) is 23.5. The van der Waals surface area contributed by atoms with Gasteiger partial charge in [-0.15, -0.1) is 0 Å². The molecule has 25 heavy (non-hydrogen) atoms. The largest absolute Gasteiger partial charge is 0.382 e. The van der Waals surface area contributed by atoms with Crippen LogP contribution < -0.4 is 5.73 Å². The van der Waals surface area contributed by atoms with E-state index in [4.69, 9.17) is 5.73 Å². The fourth-order valence-electron chi connectivity index (χ4n) is 2.41. The molecule has 0 aliphatic rings. The number of allylic oxidation sites excluding steroid dienone is 1. The van der Waals surface area contributed by atoms with Crippen molar-refractivity contribution in [1.82, 2.24) is 9.78 Å². The number of nitrogens with two attached hydrogens (primary N) is 1. The molecule has 0 saturated heterocycles. The van der Waals surface area contributed by atoms with Crippen LogP contribution >= 0.6 is 15.9 Å². The molecule has 0 bridgehead atoms. The highest BCUT2D eigenvalue weighted by molar-refractivity contribution is 9.10. The van der Waals surface area contributed by atoms with Crippen LogP contribution in [0.3, 0.4) is 0 Å². The normalized spacial score (nSPS) is 10.9. The van der Waals surface area contributed by atoms with Crippen molar-refractivity contribution in [1.29, 1.82) is 10.5 Å². The number of anilines is 1. The van der Waals surface area contributed by atoms with Crippen LogP contribution in [0.4, 0.5) is 5.82 Å². The van der Waals surface area contributed by atoms with E-state index < -0.39 is 0 Å². The van der Waals surface area contributed by atoms with Gasteiger partial charge in [-0.3, -0.25) is 0 Å². The second-order valence-corrected chi connectivity index (χ2v) is 6.11. The monoisotopic (exact) mass is 389 g/mol. The van der Waals surface area contributed by atoms with Crippen LogP contribution in [0.15, 0.2) is 59.1 Å². The minimum absolute atomic E-state index is 0.187. The first-order chi connectivity index (χ1) is 12.1. The summed E-state index contributed by atoms with van der Waals surface area (Å²) in [6.07, 6.45) is 1.68. The SMILES string of the molecule is N#C/C(=C\c1cccc(Br)c1)c1nn(-c2ccccc2)c(N)c1C#N. The molecular weight excluding hydrogens is 378 g/mol. The molecule has 0 aliphatic carbocycles. The first kappa shape index (κ1) is 16.5. The Balaban J connectivity index is 2.16. The number of hydrogen-bond donors (Lipinski definition) is 1. The summed E-state index contributed by atoms with van der Waals surface area (Å²) < 4.78 is 2.37. The lowest BCUT2D eigenvalue weighted by Gasteiger charge is -2.02. The van der Waals surface area contributed by atoms with Gasteiger partial charge >= 0.3 is 0 Å². The number of hydrogen-bond acceptors (Lipinski definition) is 4. The lowest BCUT2D eigenvalue weighted by molar-refractivity contribution is 0.885. The molecule has 0 atom stereocenters. The molecule has 1 heterocycles. The maximum absolute atomic E-state index is 9.57. The van der Waals surface area contributed by atoms with Gasteiger partial charge in [0.05, 0.1) is 11.3 Å². The summed E-state index contributed by atoms with van der Waals surface area (Å²) in [5.74, 6) is 0.207. The molecule has 2 N–H and O–H groups in total. The van der Waals surface area contributed by atoms with Crippen molar-refractivity contribution >= 4 is 33.4 Å². The van der Waals surface area contributed by atoms with E-state index in [0.29, 0.717) is 0 Å². The summed E-state index contributed by atoms with van der Waals surface area (Å²) in [4.78, 5) is 0. The highest BCUT2D eigenvalue weighted by atomic mass is 79.9. The molecule has 0 fully saturated rings. The van der Waals surface area contributed by atoms with Gasteiger partial charge in [0.2, 0.25) is 0 Å². The van der Waals surface area contributed by atoms with Crippen LogP contribution in [-0.2, 0) is 0 Å². The zero-order valence-electron chi connectivity index (χ0n) is 13.0. The van der Waals surface area contributed by atoms with Crippen LogP contribution in [-0.4, -0.2) is 9.78 Å². The van der Waals surface area contributed by atoms with Gasteiger partial charge in [-0.1, -0.05) is 46.3 Å². The first-order valence-electron chi connectivity index (χ1n) is 7.36. The molecule has 0 radical (unpaired) electrons. The van der Waals surface area contributed by atoms with Crippen LogP contribution in [0, 0.1) is 22.7 Å². The van der Waals surface area contributed by atoms with Crippen molar-refractivity contribution in [3.05, 3.63) is 75.9 Å². The van der Waals surface area contributed by atoms with Crippen molar-refractivity contribution in [2.45, 2.75) is 0 Å². The fourth-order valence-corrected chi connectivity index (χ4v) is 2.83. The van der Waals surface area contributed by atoms with E-state index in [-0.39, 0.29) is 22.6 Å². The van der Waals surface area contributed by atoms with Gasteiger partial charge in [-0.2, -0.15) is 15.6 Å². The molecule has 3 aromatic rings. The van der Waals surface area contributed by atoms with E-state index in [1.54, 1.807) is 6.08 Å². The van der Waals surface area contributed by atoms with E-state index in [0.717, 1.165) is 15.7 Å². The van der Waals surface area contributed by atoms with Crippen molar-refractivity contribution in [3.63, 3.8) is 0 Å². The topological polar surface area (TPSA) is 91.4 Å². The van der Waals surface area contributed by atoms with Crippen molar-refractivity contribution in [2.24, 2.45) is 0 Å². The molecule has 0 spiro atoms. The van der Waals surface area contributed by atoms with Gasteiger partial charge in [0.1, 0.15) is 29.2 Å². The molecule has 3 rings (SSSR count). The predicted molar refractivity (Wildman–Crippen MR) is 100 cm³/mol. The van der Waals surface area contributed by atoms with Gasteiger partial charge in [0.25, 0.3) is 0 Å². The van der Waals surface area contributed by atoms with Crippen LogP contribution in [0.25, 0.3) is 17.3 Å². The lowest BCUT2D eigenvalue weighted by atomic mass is 10.1. The van der Waals surface area contributed by atoms with Gasteiger partial charge in [0.15, 0.2) is 0 Å². The zero-order valence-corrected chi connectivity index (χ0v) is 14.6. The molecule has 2 aromatic carbocycles. The quantitative estimate of drug-likeness (QED) is 0.680. The summed E-state index contributed by atoms with van der Waals surface area (Å²) in [7, 11) is 0. The second kappa shape index (κ2) is 7.04. The average Bonchev–Trinajstić information content (AvgIpc) is 2.96. The molecule has 0 saturated carbocycles. The number of nitrogen functional groups attached to an aromatic ring is 1. The Kier molecular flexibility index (Phi) is 4.65. The van der Waals surface area contributed by atoms with E-state index >= 15 is 0 Å². The van der Waals surface area contributed by atoms with Crippen molar-refractivity contribution < 1.29 is 0 Å². The number of nitrogens with zero attached hydrogens (tertiary/aromatic N) is 4. The van der Waals surface area contributed by atoms with Crippen LogP contribution in [0.5, 0.6) is 0 Å². The van der Waals surface area contributed by atoms with E-state index in [2.05, 4.69) is 33.2 Å². The Morgan fingerprint density at radius 2 is 1.88 bits per heavy atom. The second-order valence-electron chi connectivity index (χ2n) is 5.19. The standard InChI is InChI=1S/C19H12BrN5/c20-15-6-4-5-13(10-15)9-14(11-21)18-17(12-22)19(23)25(24-18)16-7-2-1-3-8-16/h1-10H,23H2/b14-9+. The Morgan fingerprint density at radius 1 is 1.12 bits per heavy atom. The van der Waals surface area contributed by atoms with E-state index in [1.807, 2.05) is 54.6 Å². The fraction of sp³-hybridized carbons (Fsp3) is 0. The molecule has 0 unspecified atom stereocenters. The molecule has 120 valence electrons. The molecular formula is C19H12BrN5. The molecule has 5 nitrogen and oxygen atoms in total. The Hall–Kier alpha value is -3.35. The van der Waals surface area contributed by atoms with E-state index in [1.165, 1.54) is 4.68 Å². The molecule has 1 aromatic heterocycles. The predicted octanol–water partition coefficient (Wildman–Crippen LogP) is 4.15. The smallest absolute Gasteiger partial charge is 0.145 e. The number of aromatic nitrogens is 2. The van der Waals surface area contributed by atoms with Crippen LogP contribution in [0.2, 0.25) is 0 Å². The third-order valence-electron chi connectivity index (χ3n) is 3.57. The van der Waals surface area contributed by atoms with Crippen LogP contribution in [0.1, 0.15) is 16.8 Å². The highest BCUT2D eigenvalue weighted by Gasteiger charge is 2.19. The molecule has 6 heteroatoms. The third-order valence-corrected chi connectivity index (χ3v) is 4.06. The van der Waals surface area contributed by atoms with Gasteiger partial charge in [0, 0.05) is 4.47 Å². The number of benzene rings is 2. The van der Waals surface area contributed by atoms with Crippen molar-refractivity contribution in [2.75, 3.05) is 5.73 Å². The first-order valence-corrected chi connectivity index (χ1v) is 8.15. The number of halogens is 1. The maximum atomic E-state index is 9.57. The third kappa shape index (κ3) is 3.30. The Morgan fingerprint density at radius 3 is 2.52 bits per heavy atom. The summed E-state index contributed by atoms with van der Waals surface area (Å²) in [6, 6.07) is 20.9. The summed E-state index contributed by atoms with van der Waals surface area (Å²) in [5.41, 5.74) is 8.37. The lowest BCUT2D eigenvalue weighted by Crippen LogP contribution is -2.02. The van der Waals surface area contributed by atoms with Gasteiger partial charge < -0.3 is 5.73 Å². The number of para-hydroxylation sites is 1. The maximum Gasteiger partial charge on any atom is 0.145 e. The van der Waals surface area contributed by atoms with Gasteiger partial charge in [-0.25, -0.2) is 4.68 Å². The Labute approximate surface area is 153 Å². The van der Waals surface area contributed by atoms with E-state index in [9.17, 15) is 10.5 Å². The van der Waals surface area contributed by atoms with Crippen molar-refractivity contribution in [3.8, 4) is 17.8 Å². The minimum atomic E-state index is 0.187. The summed E-state index contributed by atoms with van der Waals surface area (Å²) in [6.45, 7) is 0. The van der Waals surface area contributed by atoms with Gasteiger partial charge in [-0.05, 0) is 35.9 Å². The highest BCUT2D eigenvalue weighted by Crippen LogP contribution is 2.27. The zero-order chi connectivity index (χ0) is 17.8.